The van der Waals surface area contributed by atoms with Gasteiger partial charge in [-0.2, -0.15) is 0 Å². The van der Waals surface area contributed by atoms with Gasteiger partial charge in [-0.3, -0.25) is 0 Å². The maximum Gasteiger partial charge on any atom is 0.136 e. The number of anilines is 1. The van der Waals surface area contributed by atoms with Crippen molar-refractivity contribution in [3.8, 4) is 0 Å². The Kier molecular flexibility index (Phi) is 3.80. The van der Waals surface area contributed by atoms with Gasteiger partial charge in [-0.1, -0.05) is 23.8 Å². The van der Waals surface area contributed by atoms with Crippen LogP contribution in [-0.4, -0.2) is 9.55 Å². The third-order valence-corrected chi connectivity index (χ3v) is 4.56. The summed E-state index contributed by atoms with van der Waals surface area (Å²) in [7, 11) is 2.03. The van der Waals surface area contributed by atoms with Crippen LogP contribution in [0.25, 0.3) is 0 Å². The molecule has 0 saturated carbocycles. The molecule has 1 unspecified atom stereocenters. The Morgan fingerprint density at radius 2 is 2.10 bits per heavy atom. The van der Waals surface area contributed by atoms with Gasteiger partial charge < -0.3 is 9.88 Å². The lowest BCUT2D eigenvalue weighted by atomic mass is 10.1. The molecule has 3 nitrogen and oxygen atoms in total. The minimum atomic E-state index is 0.0754. The summed E-state index contributed by atoms with van der Waals surface area (Å²) in [6, 6.07) is 10.8. The molecule has 0 radical (unpaired) electrons. The molecule has 0 fully saturated rings. The van der Waals surface area contributed by atoms with Crippen molar-refractivity contribution in [3.63, 3.8) is 0 Å². The summed E-state index contributed by atoms with van der Waals surface area (Å²) >= 11 is 1.75. The highest BCUT2D eigenvalue weighted by atomic mass is 32.1. The molecular weight excluding hydrogens is 278 g/mol. The highest BCUT2D eigenvalue weighted by Gasteiger charge is 2.19. The van der Waals surface area contributed by atoms with E-state index in [-0.39, 0.29) is 6.04 Å². The first-order valence-corrected chi connectivity index (χ1v) is 7.87. The Morgan fingerprint density at radius 3 is 2.71 bits per heavy atom. The number of aryl methyl sites for hydroxylation is 3. The minimum absolute atomic E-state index is 0.0754. The van der Waals surface area contributed by atoms with Gasteiger partial charge in [0.05, 0.1) is 0 Å². The van der Waals surface area contributed by atoms with Gasteiger partial charge >= 0.3 is 0 Å². The second-order valence-electron chi connectivity index (χ2n) is 5.31. The third-order valence-electron chi connectivity index (χ3n) is 3.63. The summed E-state index contributed by atoms with van der Waals surface area (Å²) in [5.41, 5.74) is 3.69. The number of hydrogen-bond donors (Lipinski definition) is 1. The summed E-state index contributed by atoms with van der Waals surface area (Å²) in [6.07, 6.45) is 3.83. The van der Waals surface area contributed by atoms with Crippen LogP contribution >= 0.6 is 11.3 Å². The van der Waals surface area contributed by atoms with Crippen molar-refractivity contribution in [2.75, 3.05) is 5.32 Å². The molecule has 21 heavy (non-hydrogen) atoms. The van der Waals surface area contributed by atoms with Gasteiger partial charge in [0.2, 0.25) is 0 Å². The maximum absolute atomic E-state index is 4.52. The summed E-state index contributed by atoms with van der Waals surface area (Å²) in [4.78, 5) is 5.79. The number of hydrogen-bond acceptors (Lipinski definition) is 3. The van der Waals surface area contributed by atoms with Crippen molar-refractivity contribution >= 4 is 17.0 Å². The van der Waals surface area contributed by atoms with Crippen LogP contribution in [0.1, 0.15) is 27.9 Å². The monoisotopic (exact) mass is 297 g/mol. The molecule has 1 atom stereocenters. The number of benzene rings is 1. The first-order valence-electron chi connectivity index (χ1n) is 6.99. The number of nitrogens with one attached hydrogen (secondary N) is 1. The molecule has 4 heteroatoms. The van der Waals surface area contributed by atoms with E-state index in [1.807, 2.05) is 19.4 Å². The second-order valence-corrected chi connectivity index (χ2v) is 6.29. The zero-order chi connectivity index (χ0) is 14.8. The molecule has 2 aromatic heterocycles. The normalized spacial score (nSPS) is 12.3. The molecule has 3 aromatic rings. The molecule has 0 aliphatic carbocycles. The highest BCUT2D eigenvalue weighted by Crippen LogP contribution is 2.30. The largest absolute Gasteiger partial charge is 0.371 e. The SMILES string of the molecule is Cc1ccc(NC(c2cccs2)c2nccn2C)c(C)c1. The van der Waals surface area contributed by atoms with Crippen LogP contribution in [-0.2, 0) is 7.05 Å². The lowest BCUT2D eigenvalue weighted by Crippen LogP contribution is -2.16. The Bertz CT molecular complexity index is 728. The number of thiophene rings is 1. The van der Waals surface area contributed by atoms with Gasteiger partial charge in [0.25, 0.3) is 0 Å². The molecule has 0 spiro atoms. The van der Waals surface area contributed by atoms with Crippen LogP contribution in [0.3, 0.4) is 0 Å². The van der Waals surface area contributed by atoms with Gasteiger partial charge in [-0.05, 0) is 36.9 Å². The molecule has 1 aromatic carbocycles. The standard InChI is InChI=1S/C17H19N3S/c1-12-6-7-14(13(2)11-12)19-16(15-5-4-10-21-15)17-18-8-9-20(17)3/h4-11,16,19H,1-3H3. The van der Waals surface area contributed by atoms with Gasteiger partial charge in [0.15, 0.2) is 0 Å². The number of nitrogens with zero attached hydrogens (tertiary/aromatic N) is 2. The first kappa shape index (κ1) is 13.9. The van der Waals surface area contributed by atoms with Crippen LogP contribution in [0.5, 0.6) is 0 Å². The fourth-order valence-electron chi connectivity index (χ4n) is 2.50. The van der Waals surface area contributed by atoms with Crippen LogP contribution in [0.2, 0.25) is 0 Å². The Hall–Kier alpha value is -2.07. The quantitative estimate of drug-likeness (QED) is 0.778. The van der Waals surface area contributed by atoms with Crippen molar-refractivity contribution in [1.82, 2.24) is 9.55 Å². The van der Waals surface area contributed by atoms with Crippen molar-refractivity contribution in [1.29, 1.82) is 0 Å². The second kappa shape index (κ2) is 5.74. The molecule has 0 aliphatic rings. The van der Waals surface area contributed by atoms with Crippen molar-refractivity contribution in [3.05, 3.63) is 69.9 Å². The fraction of sp³-hybridized carbons (Fsp3) is 0.235. The van der Waals surface area contributed by atoms with Gasteiger partial charge in [0.1, 0.15) is 11.9 Å². The van der Waals surface area contributed by atoms with Crippen molar-refractivity contribution < 1.29 is 0 Å². The van der Waals surface area contributed by atoms with Gasteiger partial charge in [-0.15, -0.1) is 11.3 Å². The van der Waals surface area contributed by atoms with Crippen LogP contribution < -0.4 is 5.32 Å². The van der Waals surface area contributed by atoms with Gasteiger partial charge in [0, 0.05) is 30.0 Å². The van der Waals surface area contributed by atoms with Crippen molar-refractivity contribution in [2.45, 2.75) is 19.9 Å². The van der Waals surface area contributed by atoms with Crippen LogP contribution in [0.15, 0.2) is 48.1 Å². The Balaban J connectivity index is 1.99. The van der Waals surface area contributed by atoms with E-state index in [2.05, 4.69) is 64.4 Å². The molecule has 0 bridgehead atoms. The zero-order valence-corrected chi connectivity index (χ0v) is 13.3. The highest BCUT2D eigenvalue weighted by molar-refractivity contribution is 7.10. The number of imidazole rings is 1. The van der Waals surface area contributed by atoms with E-state index in [0.717, 1.165) is 11.5 Å². The summed E-state index contributed by atoms with van der Waals surface area (Å²) in [5, 5.41) is 5.75. The molecule has 3 rings (SSSR count). The predicted molar refractivity (Wildman–Crippen MR) is 88.9 cm³/mol. The van der Waals surface area contributed by atoms with E-state index in [1.54, 1.807) is 11.3 Å². The zero-order valence-electron chi connectivity index (χ0n) is 12.5. The van der Waals surface area contributed by atoms with E-state index in [1.165, 1.54) is 16.0 Å². The average Bonchev–Trinajstić information content (AvgIpc) is 3.10. The third kappa shape index (κ3) is 2.85. The molecular formula is C17H19N3S. The molecule has 1 N–H and O–H groups in total. The van der Waals surface area contributed by atoms with E-state index in [4.69, 9.17) is 0 Å². The molecule has 108 valence electrons. The predicted octanol–water partition coefficient (Wildman–Crippen LogP) is 4.30. The molecule has 0 saturated heterocycles. The number of rotatable bonds is 4. The lowest BCUT2D eigenvalue weighted by molar-refractivity contribution is 0.756. The molecule has 2 heterocycles. The summed E-state index contributed by atoms with van der Waals surface area (Å²) < 4.78 is 2.07. The minimum Gasteiger partial charge on any atom is -0.371 e. The molecule has 0 amide bonds. The Morgan fingerprint density at radius 1 is 1.24 bits per heavy atom. The van der Waals surface area contributed by atoms with Crippen LogP contribution in [0.4, 0.5) is 5.69 Å². The van der Waals surface area contributed by atoms with E-state index < -0.39 is 0 Å². The fourth-order valence-corrected chi connectivity index (χ4v) is 3.28. The maximum atomic E-state index is 4.52. The lowest BCUT2D eigenvalue weighted by Gasteiger charge is -2.20. The molecule has 0 aliphatic heterocycles. The van der Waals surface area contributed by atoms with E-state index in [0.29, 0.717) is 0 Å². The topological polar surface area (TPSA) is 29.9 Å². The average molecular weight is 297 g/mol. The smallest absolute Gasteiger partial charge is 0.136 e. The summed E-state index contributed by atoms with van der Waals surface area (Å²) in [5.74, 6) is 1.03. The van der Waals surface area contributed by atoms with E-state index >= 15 is 0 Å². The van der Waals surface area contributed by atoms with Gasteiger partial charge in [-0.25, -0.2) is 4.98 Å². The Labute approximate surface area is 129 Å². The van der Waals surface area contributed by atoms with Crippen molar-refractivity contribution in [2.24, 2.45) is 7.05 Å². The summed E-state index contributed by atoms with van der Waals surface area (Å²) in [6.45, 7) is 4.26. The first-order chi connectivity index (χ1) is 10.1. The number of aromatic nitrogens is 2. The van der Waals surface area contributed by atoms with Crippen LogP contribution in [0, 0.1) is 13.8 Å². The van der Waals surface area contributed by atoms with E-state index in [9.17, 15) is 0 Å².